The van der Waals surface area contributed by atoms with Crippen molar-refractivity contribution < 1.29 is 14.3 Å². The molecule has 24 heavy (non-hydrogen) atoms. The average molecular weight is 341 g/mol. The Morgan fingerprint density at radius 1 is 1.21 bits per heavy atom. The molecular weight excluding hydrogens is 322 g/mol. The summed E-state index contributed by atoms with van der Waals surface area (Å²) in [5, 5.41) is 0.874. The predicted molar refractivity (Wildman–Crippen MR) is 96.8 cm³/mol. The summed E-state index contributed by atoms with van der Waals surface area (Å²) < 4.78 is 11.8. The second kappa shape index (κ2) is 7.45. The van der Waals surface area contributed by atoms with E-state index in [-0.39, 0.29) is 5.97 Å². The molecule has 3 aromatic rings. The zero-order valence-corrected chi connectivity index (χ0v) is 14.6. The van der Waals surface area contributed by atoms with Crippen molar-refractivity contribution >= 4 is 27.5 Å². The molecule has 0 saturated heterocycles. The van der Waals surface area contributed by atoms with Crippen LogP contribution in [-0.4, -0.2) is 24.7 Å². The number of carbonyl (C=O) groups excluding carboxylic acids is 1. The van der Waals surface area contributed by atoms with Crippen molar-refractivity contribution in [3.05, 3.63) is 48.0 Å². The van der Waals surface area contributed by atoms with E-state index < -0.39 is 0 Å². The Hall–Kier alpha value is -2.40. The van der Waals surface area contributed by atoms with Gasteiger partial charge in [-0.2, -0.15) is 0 Å². The number of aromatic nitrogens is 1. The molecule has 0 N–H and O–H groups in total. The molecule has 4 nitrogen and oxygen atoms in total. The maximum atomic E-state index is 12.1. The van der Waals surface area contributed by atoms with Crippen LogP contribution in [-0.2, 0) is 4.74 Å². The number of esters is 1. The Morgan fingerprint density at radius 3 is 2.79 bits per heavy atom. The zero-order valence-electron chi connectivity index (χ0n) is 13.7. The van der Waals surface area contributed by atoms with Crippen molar-refractivity contribution in [2.75, 3.05) is 13.7 Å². The number of rotatable bonds is 6. The van der Waals surface area contributed by atoms with Crippen LogP contribution in [0.2, 0.25) is 0 Å². The molecule has 1 heterocycles. The van der Waals surface area contributed by atoms with Crippen molar-refractivity contribution in [2.45, 2.75) is 19.8 Å². The topological polar surface area (TPSA) is 48.4 Å². The van der Waals surface area contributed by atoms with Gasteiger partial charge in [0.05, 0.1) is 35.1 Å². The highest BCUT2D eigenvalue weighted by Crippen LogP contribution is 2.36. The average Bonchev–Trinajstić information content (AvgIpc) is 3.05. The summed E-state index contributed by atoms with van der Waals surface area (Å²) in [5.74, 6) is 0.302. The van der Waals surface area contributed by atoms with Crippen molar-refractivity contribution in [1.29, 1.82) is 0 Å². The molecule has 0 radical (unpaired) electrons. The fraction of sp³-hybridized carbons (Fsp3) is 0.263. The molecule has 0 aliphatic heterocycles. The third-order valence-corrected chi connectivity index (χ3v) is 4.76. The molecule has 1 aromatic heterocycles. The van der Waals surface area contributed by atoms with Crippen LogP contribution >= 0.6 is 11.3 Å². The van der Waals surface area contributed by atoms with Crippen LogP contribution in [0.15, 0.2) is 42.5 Å². The first-order valence-electron chi connectivity index (χ1n) is 7.94. The number of unbranched alkanes of at least 4 members (excludes halogenated alkanes) is 1. The van der Waals surface area contributed by atoms with Gasteiger partial charge in [0.15, 0.2) is 0 Å². The minimum Gasteiger partial charge on any atom is -0.496 e. The molecule has 5 heteroatoms. The van der Waals surface area contributed by atoms with Crippen LogP contribution in [0.1, 0.15) is 30.1 Å². The number of ether oxygens (including phenoxy) is 2. The number of benzene rings is 2. The number of carbonyl (C=O) groups is 1. The van der Waals surface area contributed by atoms with Gasteiger partial charge in [-0.05, 0) is 36.8 Å². The van der Waals surface area contributed by atoms with E-state index >= 15 is 0 Å². The van der Waals surface area contributed by atoms with Gasteiger partial charge in [0.25, 0.3) is 0 Å². The van der Waals surface area contributed by atoms with E-state index in [2.05, 4.69) is 11.9 Å². The van der Waals surface area contributed by atoms with Gasteiger partial charge >= 0.3 is 5.97 Å². The van der Waals surface area contributed by atoms with Crippen LogP contribution in [0.4, 0.5) is 0 Å². The minimum absolute atomic E-state index is 0.322. The molecule has 0 aliphatic rings. The highest BCUT2D eigenvalue weighted by atomic mass is 32.1. The fourth-order valence-corrected chi connectivity index (χ4v) is 3.37. The fourth-order valence-electron chi connectivity index (χ4n) is 2.37. The summed E-state index contributed by atoms with van der Waals surface area (Å²) in [7, 11) is 1.60. The Morgan fingerprint density at radius 2 is 2.04 bits per heavy atom. The van der Waals surface area contributed by atoms with E-state index in [1.54, 1.807) is 30.6 Å². The largest absolute Gasteiger partial charge is 0.496 e. The van der Waals surface area contributed by atoms with Gasteiger partial charge < -0.3 is 9.47 Å². The first kappa shape index (κ1) is 16.5. The minimum atomic E-state index is -0.322. The van der Waals surface area contributed by atoms with Gasteiger partial charge in [0, 0.05) is 0 Å². The number of hydrogen-bond donors (Lipinski definition) is 0. The monoisotopic (exact) mass is 341 g/mol. The Kier molecular flexibility index (Phi) is 5.11. The second-order valence-electron chi connectivity index (χ2n) is 5.39. The number of hydrogen-bond acceptors (Lipinski definition) is 5. The number of methoxy groups -OCH3 is 1. The molecule has 0 unspecified atom stereocenters. The van der Waals surface area contributed by atoms with Gasteiger partial charge in [0.1, 0.15) is 10.8 Å². The summed E-state index contributed by atoms with van der Waals surface area (Å²) >= 11 is 1.60. The molecule has 0 saturated carbocycles. The highest BCUT2D eigenvalue weighted by Gasteiger charge is 2.15. The van der Waals surface area contributed by atoms with E-state index in [0.29, 0.717) is 17.9 Å². The molecule has 3 rings (SSSR count). The molecule has 124 valence electrons. The summed E-state index contributed by atoms with van der Waals surface area (Å²) in [5.41, 5.74) is 2.33. The smallest absolute Gasteiger partial charge is 0.338 e. The number of fused-ring (bicyclic) bond motifs is 1. The third-order valence-electron chi connectivity index (χ3n) is 3.69. The molecule has 0 spiro atoms. The van der Waals surface area contributed by atoms with Crippen molar-refractivity contribution in [1.82, 2.24) is 4.98 Å². The Labute approximate surface area is 145 Å². The first-order chi connectivity index (χ1) is 11.7. The van der Waals surface area contributed by atoms with Gasteiger partial charge in [-0.3, -0.25) is 0 Å². The molecule has 0 fully saturated rings. The maximum Gasteiger partial charge on any atom is 0.338 e. The van der Waals surface area contributed by atoms with E-state index in [0.717, 1.165) is 33.6 Å². The number of nitrogens with zero attached hydrogens (tertiary/aromatic N) is 1. The van der Waals surface area contributed by atoms with E-state index in [4.69, 9.17) is 9.47 Å². The lowest BCUT2D eigenvalue weighted by Gasteiger charge is -2.09. The molecule has 2 aromatic carbocycles. The molecule has 0 amide bonds. The van der Waals surface area contributed by atoms with Crippen LogP contribution in [0, 0.1) is 0 Å². The second-order valence-corrected chi connectivity index (χ2v) is 6.42. The summed E-state index contributed by atoms with van der Waals surface area (Å²) in [6.45, 7) is 2.50. The van der Waals surface area contributed by atoms with E-state index in [9.17, 15) is 4.79 Å². The lowest BCUT2D eigenvalue weighted by atomic mass is 10.1. The van der Waals surface area contributed by atoms with Gasteiger partial charge in [-0.25, -0.2) is 9.78 Å². The van der Waals surface area contributed by atoms with Gasteiger partial charge in [0.2, 0.25) is 0 Å². The quantitative estimate of drug-likeness (QED) is 0.471. The third kappa shape index (κ3) is 3.41. The van der Waals surface area contributed by atoms with Gasteiger partial charge in [-0.1, -0.05) is 25.5 Å². The van der Waals surface area contributed by atoms with Crippen LogP contribution in [0.3, 0.4) is 0 Å². The maximum absolute atomic E-state index is 12.1. The number of para-hydroxylation sites is 1. The van der Waals surface area contributed by atoms with Crippen LogP contribution in [0.5, 0.6) is 5.75 Å². The number of thiazole rings is 1. The summed E-state index contributed by atoms with van der Waals surface area (Å²) in [6, 6.07) is 13.3. The first-order valence-corrected chi connectivity index (χ1v) is 8.75. The van der Waals surface area contributed by atoms with Crippen molar-refractivity contribution in [2.24, 2.45) is 0 Å². The lowest BCUT2D eigenvalue weighted by Crippen LogP contribution is -2.06. The van der Waals surface area contributed by atoms with Crippen LogP contribution < -0.4 is 4.74 Å². The molecular formula is C19H19NO3S. The standard InChI is InChI=1S/C19H19NO3S/c1-3-4-11-23-19(21)13-9-10-14(16(12-13)22-2)18-20-15-7-5-6-8-17(15)24-18/h5-10,12H,3-4,11H2,1-2H3. The summed E-state index contributed by atoms with van der Waals surface area (Å²) in [4.78, 5) is 16.7. The highest BCUT2D eigenvalue weighted by molar-refractivity contribution is 7.21. The molecule has 0 aliphatic carbocycles. The lowest BCUT2D eigenvalue weighted by molar-refractivity contribution is 0.0499. The van der Waals surface area contributed by atoms with E-state index in [1.807, 2.05) is 30.3 Å². The Balaban J connectivity index is 1.90. The zero-order chi connectivity index (χ0) is 16.9. The predicted octanol–water partition coefficient (Wildman–Crippen LogP) is 4.93. The Bertz CT molecular complexity index is 824. The van der Waals surface area contributed by atoms with Crippen molar-refractivity contribution in [3.8, 4) is 16.3 Å². The SMILES string of the molecule is CCCCOC(=O)c1ccc(-c2nc3ccccc3s2)c(OC)c1. The van der Waals surface area contributed by atoms with Gasteiger partial charge in [-0.15, -0.1) is 11.3 Å². The van der Waals surface area contributed by atoms with Crippen LogP contribution in [0.25, 0.3) is 20.8 Å². The summed E-state index contributed by atoms with van der Waals surface area (Å²) in [6.07, 6.45) is 1.86. The van der Waals surface area contributed by atoms with E-state index in [1.165, 1.54) is 0 Å². The molecule has 0 bridgehead atoms. The normalized spacial score (nSPS) is 10.8. The molecule has 0 atom stereocenters. The van der Waals surface area contributed by atoms with Crippen molar-refractivity contribution in [3.63, 3.8) is 0 Å².